The molecule has 0 bridgehead atoms. The maximum Gasteiger partial charge on any atom is 0.250 e. The summed E-state index contributed by atoms with van der Waals surface area (Å²) in [4.78, 5) is 14.6. The van der Waals surface area contributed by atoms with Gasteiger partial charge in [0.2, 0.25) is 0 Å². The minimum absolute atomic E-state index is 0.0528. The fourth-order valence-corrected chi connectivity index (χ4v) is 3.10. The molecule has 0 aromatic heterocycles. The van der Waals surface area contributed by atoms with Crippen LogP contribution in [0.3, 0.4) is 0 Å². The van der Waals surface area contributed by atoms with Crippen LogP contribution in [0.1, 0.15) is 26.2 Å². The number of ether oxygens (including phenoxy) is 1. The van der Waals surface area contributed by atoms with Crippen LogP contribution in [-0.2, 0) is 9.53 Å². The third-order valence-electron chi connectivity index (χ3n) is 4.21. The summed E-state index contributed by atoms with van der Waals surface area (Å²) in [6.45, 7) is 5.40. The van der Waals surface area contributed by atoms with E-state index in [0.717, 1.165) is 25.6 Å². The number of hydrogen-bond donors (Lipinski definition) is 2. The first-order valence-corrected chi connectivity index (χ1v) is 7.12. The zero-order valence-corrected chi connectivity index (χ0v) is 11.0. The third kappa shape index (κ3) is 2.68. The monoisotopic (exact) mass is 253 g/mol. The molecule has 2 saturated heterocycles. The Morgan fingerprint density at radius 1 is 1.44 bits per heavy atom. The first-order chi connectivity index (χ1) is 8.74. The maximum absolute atomic E-state index is 12.1. The topological polar surface area (TPSA) is 53.6 Å². The lowest BCUT2D eigenvalue weighted by molar-refractivity contribution is -0.134. The molecule has 0 radical (unpaired) electrons. The van der Waals surface area contributed by atoms with Crippen molar-refractivity contribution in [3.63, 3.8) is 0 Å². The highest BCUT2D eigenvalue weighted by Gasteiger charge is 2.39. The second-order valence-corrected chi connectivity index (χ2v) is 5.78. The molecule has 1 aliphatic carbocycles. The molecule has 3 fully saturated rings. The molecule has 3 aliphatic rings. The van der Waals surface area contributed by atoms with Crippen LogP contribution < -0.4 is 10.6 Å². The Kier molecular flexibility index (Phi) is 3.54. The largest absolute Gasteiger partial charge is 0.366 e. The van der Waals surface area contributed by atoms with Crippen molar-refractivity contribution in [2.75, 3.05) is 26.2 Å². The van der Waals surface area contributed by atoms with Crippen molar-refractivity contribution in [3.05, 3.63) is 0 Å². The first-order valence-electron chi connectivity index (χ1n) is 7.12. The van der Waals surface area contributed by atoms with Gasteiger partial charge in [-0.25, -0.2) is 0 Å². The van der Waals surface area contributed by atoms with E-state index in [1.807, 2.05) is 0 Å². The second kappa shape index (κ2) is 5.15. The zero-order chi connectivity index (χ0) is 12.5. The lowest BCUT2D eigenvalue weighted by Crippen LogP contribution is -2.50. The van der Waals surface area contributed by atoms with E-state index >= 15 is 0 Å². The average molecular weight is 253 g/mol. The van der Waals surface area contributed by atoms with Gasteiger partial charge in [0, 0.05) is 37.8 Å². The van der Waals surface area contributed by atoms with Crippen LogP contribution in [0.5, 0.6) is 0 Å². The van der Waals surface area contributed by atoms with Gasteiger partial charge in [0.05, 0.1) is 6.61 Å². The van der Waals surface area contributed by atoms with E-state index in [2.05, 4.69) is 22.5 Å². The smallest absolute Gasteiger partial charge is 0.250 e. The quantitative estimate of drug-likeness (QED) is 0.726. The summed E-state index contributed by atoms with van der Waals surface area (Å²) in [5.41, 5.74) is 0. The number of hydrogen-bond acceptors (Lipinski definition) is 4. The highest BCUT2D eigenvalue weighted by Crippen LogP contribution is 2.33. The molecule has 3 unspecified atom stereocenters. The summed E-state index contributed by atoms with van der Waals surface area (Å²) >= 11 is 0. The molecule has 2 heterocycles. The number of amides is 1. The van der Waals surface area contributed by atoms with Gasteiger partial charge in [-0.2, -0.15) is 0 Å². The summed E-state index contributed by atoms with van der Waals surface area (Å²) in [5, 5.41) is 6.34. The van der Waals surface area contributed by atoms with E-state index in [1.54, 1.807) is 0 Å². The van der Waals surface area contributed by atoms with Gasteiger partial charge < -0.3 is 15.4 Å². The Labute approximate surface area is 108 Å². The number of carbonyl (C=O) groups is 1. The van der Waals surface area contributed by atoms with E-state index in [4.69, 9.17) is 4.74 Å². The Balaban J connectivity index is 1.49. The van der Waals surface area contributed by atoms with Crippen LogP contribution in [0.4, 0.5) is 0 Å². The molecule has 1 saturated carbocycles. The Hall–Kier alpha value is -0.650. The van der Waals surface area contributed by atoms with Gasteiger partial charge in [0.1, 0.15) is 6.10 Å². The molecular formula is C13H23N3O2. The lowest BCUT2D eigenvalue weighted by Gasteiger charge is -2.24. The van der Waals surface area contributed by atoms with E-state index < -0.39 is 0 Å². The van der Waals surface area contributed by atoms with Crippen LogP contribution in [0.25, 0.3) is 0 Å². The predicted molar refractivity (Wildman–Crippen MR) is 68.3 cm³/mol. The van der Waals surface area contributed by atoms with Crippen molar-refractivity contribution < 1.29 is 9.53 Å². The van der Waals surface area contributed by atoms with Crippen molar-refractivity contribution in [2.45, 2.75) is 50.4 Å². The molecule has 2 aliphatic heterocycles. The Bertz CT molecular complexity index is 313. The Morgan fingerprint density at radius 2 is 2.28 bits per heavy atom. The summed E-state index contributed by atoms with van der Waals surface area (Å²) in [6.07, 6.45) is 3.44. The maximum atomic E-state index is 12.1. The van der Waals surface area contributed by atoms with Crippen molar-refractivity contribution in [1.82, 2.24) is 15.5 Å². The second-order valence-electron chi connectivity index (χ2n) is 5.78. The van der Waals surface area contributed by atoms with Crippen molar-refractivity contribution >= 4 is 5.91 Å². The number of nitrogens with one attached hydrogen (secondary N) is 2. The molecule has 1 amide bonds. The summed E-state index contributed by atoms with van der Waals surface area (Å²) in [6, 6.07) is 1.70. The predicted octanol–water partition coefficient (Wildman–Crippen LogP) is -0.284. The zero-order valence-electron chi connectivity index (χ0n) is 11.0. The molecule has 2 N–H and O–H groups in total. The molecule has 0 aromatic rings. The normalized spacial score (nSPS) is 37.7. The molecule has 102 valence electrons. The lowest BCUT2D eigenvalue weighted by atomic mass is 10.2. The fraction of sp³-hybridized carbons (Fsp3) is 0.923. The summed E-state index contributed by atoms with van der Waals surface area (Å²) in [5.74, 6) is 0.0528. The molecular weight excluding hydrogens is 230 g/mol. The standard InChI is InChI=1S/C13H23N3O2/c1-9-6-10(8-16(9)11-2-3-11)15-13(17)12-7-14-4-5-18-12/h9-12,14H,2-8H2,1H3,(H,15,17). The SMILES string of the molecule is CC1CC(NC(=O)C2CNCCO2)CN1C1CC1. The van der Waals surface area contributed by atoms with Gasteiger partial charge in [-0.05, 0) is 26.2 Å². The summed E-state index contributed by atoms with van der Waals surface area (Å²) < 4.78 is 5.48. The van der Waals surface area contributed by atoms with Crippen molar-refractivity contribution in [3.8, 4) is 0 Å². The number of morpholine rings is 1. The van der Waals surface area contributed by atoms with Crippen molar-refractivity contribution in [1.29, 1.82) is 0 Å². The molecule has 0 aromatic carbocycles. The molecule has 18 heavy (non-hydrogen) atoms. The molecule has 0 spiro atoms. The van der Waals surface area contributed by atoms with E-state index in [1.165, 1.54) is 12.8 Å². The number of likely N-dealkylation sites (tertiary alicyclic amines) is 1. The Morgan fingerprint density at radius 3 is 2.94 bits per heavy atom. The van der Waals surface area contributed by atoms with Gasteiger partial charge >= 0.3 is 0 Å². The van der Waals surface area contributed by atoms with Crippen LogP contribution in [0.15, 0.2) is 0 Å². The summed E-state index contributed by atoms with van der Waals surface area (Å²) in [7, 11) is 0. The fourth-order valence-electron chi connectivity index (χ4n) is 3.10. The molecule has 3 rings (SSSR count). The molecule has 5 heteroatoms. The molecule has 5 nitrogen and oxygen atoms in total. The highest BCUT2D eigenvalue weighted by atomic mass is 16.5. The number of carbonyl (C=O) groups excluding carboxylic acids is 1. The van der Waals surface area contributed by atoms with Crippen LogP contribution in [0, 0.1) is 0 Å². The number of nitrogens with zero attached hydrogens (tertiary/aromatic N) is 1. The third-order valence-corrected chi connectivity index (χ3v) is 4.21. The first kappa shape index (κ1) is 12.4. The van der Waals surface area contributed by atoms with E-state index in [9.17, 15) is 4.79 Å². The van der Waals surface area contributed by atoms with Gasteiger partial charge in [-0.15, -0.1) is 0 Å². The van der Waals surface area contributed by atoms with E-state index in [0.29, 0.717) is 25.2 Å². The van der Waals surface area contributed by atoms with Crippen LogP contribution in [-0.4, -0.2) is 61.3 Å². The average Bonchev–Trinajstić information content (AvgIpc) is 3.15. The minimum Gasteiger partial charge on any atom is -0.366 e. The highest BCUT2D eigenvalue weighted by molar-refractivity contribution is 5.81. The van der Waals surface area contributed by atoms with Crippen LogP contribution in [0.2, 0.25) is 0 Å². The van der Waals surface area contributed by atoms with Gasteiger partial charge in [-0.1, -0.05) is 0 Å². The van der Waals surface area contributed by atoms with E-state index in [-0.39, 0.29) is 12.0 Å². The van der Waals surface area contributed by atoms with Gasteiger partial charge in [0.25, 0.3) is 5.91 Å². The molecule has 3 atom stereocenters. The minimum atomic E-state index is -0.302. The van der Waals surface area contributed by atoms with Crippen LogP contribution >= 0.6 is 0 Å². The van der Waals surface area contributed by atoms with Gasteiger partial charge in [0.15, 0.2) is 0 Å². The number of rotatable bonds is 3. The van der Waals surface area contributed by atoms with Gasteiger partial charge in [-0.3, -0.25) is 9.69 Å². The van der Waals surface area contributed by atoms with Crippen molar-refractivity contribution in [2.24, 2.45) is 0 Å².